The number of hydrogen-bond donors (Lipinski definition) is 1. The first kappa shape index (κ1) is 17.7. The van der Waals surface area contributed by atoms with Gasteiger partial charge < -0.3 is 14.3 Å². The third-order valence-corrected chi connectivity index (χ3v) is 5.37. The van der Waals surface area contributed by atoms with E-state index in [9.17, 15) is 18.3 Å². The molecule has 0 aliphatic carbocycles. The SMILES string of the molecule is COc1c(-c2ccoc2)ccc(CS(=O)(=O)c2ccccn2)c1C(=O)O. The normalized spacial score (nSPS) is 11.3. The number of aromatic nitrogens is 1. The zero-order valence-electron chi connectivity index (χ0n) is 13.7. The van der Waals surface area contributed by atoms with E-state index in [-0.39, 0.29) is 21.9 Å². The molecule has 0 bridgehead atoms. The maximum atomic E-state index is 12.6. The van der Waals surface area contributed by atoms with E-state index in [2.05, 4.69) is 4.98 Å². The Morgan fingerprint density at radius 1 is 1.23 bits per heavy atom. The highest BCUT2D eigenvalue weighted by molar-refractivity contribution is 7.90. The number of furan rings is 1. The number of aromatic carboxylic acids is 1. The van der Waals surface area contributed by atoms with Crippen molar-refractivity contribution in [2.45, 2.75) is 10.8 Å². The van der Waals surface area contributed by atoms with E-state index in [0.717, 1.165) is 0 Å². The second-order valence-corrected chi connectivity index (χ2v) is 7.36. The fourth-order valence-electron chi connectivity index (χ4n) is 2.64. The van der Waals surface area contributed by atoms with Crippen molar-refractivity contribution in [1.29, 1.82) is 0 Å². The van der Waals surface area contributed by atoms with E-state index >= 15 is 0 Å². The van der Waals surface area contributed by atoms with Gasteiger partial charge in [-0.25, -0.2) is 18.2 Å². The lowest BCUT2D eigenvalue weighted by Crippen LogP contribution is -2.12. The van der Waals surface area contributed by atoms with Crippen LogP contribution in [0.2, 0.25) is 0 Å². The van der Waals surface area contributed by atoms with E-state index in [1.54, 1.807) is 24.3 Å². The largest absolute Gasteiger partial charge is 0.495 e. The summed E-state index contributed by atoms with van der Waals surface area (Å²) < 4.78 is 35.5. The van der Waals surface area contributed by atoms with Crippen LogP contribution >= 0.6 is 0 Å². The van der Waals surface area contributed by atoms with Crippen LogP contribution in [0.3, 0.4) is 0 Å². The van der Waals surface area contributed by atoms with Gasteiger partial charge in [0.2, 0.25) is 0 Å². The molecule has 0 unspecified atom stereocenters. The van der Waals surface area contributed by atoms with E-state index in [1.165, 1.54) is 38.0 Å². The predicted molar refractivity (Wildman–Crippen MR) is 92.8 cm³/mol. The standard InChI is InChI=1S/C18H15NO6S/c1-24-17-14(12-7-9-25-10-12)6-5-13(16(17)18(20)21)11-26(22,23)15-4-2-3-8-19-15/h2-10H,11H2,1H3,(H,20,21). The number of ether oxygens (including phenoxy) is 1. The van der Waals surface area contributed by atoms with Crippen LogP contribution in [0.25, 0.3) is 11.1 Å². The number of sulfone groups is 1. The van der Waals surface area contributed by atoms with Crippen molar-refractivity contribution in [3.63, 3.8) is 0 Å². The number of hydrogen-bond acceptors (Lipinski definition) is 6. The topological polar surface area (TPSA) is 107 Å². The summed E-state index contributed by atoms with van der Waals surface area (Å²) in [5.41, 5.74) is 1.04. The Hall–Kier alpha value is -3.13. The van der Waals surface area contributed by atoms with Crippen LogP contribution in [-0.4, -0.2) is 31.6 Å². The monoisotopic (exact) mass is 373 g/mol. The van der Waals surface area contributed by atoms with Crippen molar-refractivity contribution < 1.29 is 27.5 Å². The number of carbonyl (C=O) groups is 1. The van der Waals surface area contributed by atoms with Gasteiger partial charge in [0.05, 0.1) is 25.4 Å². The van der Waals surface area contributed by atoms with Gasteiger partial charge in [-0.05, 0) is 23.8 Å². The summed E-state index contributed by atoms with van der Waals surface area (Å²) in [5.74, 6) is -1.71. The fourth-order valence-corrected chi connectivity index (χ4v) is 3.95. The van der Waals surface area contributed by atoms with Gasteiger partial charge in [0.25, 0.3) is 0 Å². The molecule has 0 fully saturated rings. The average Bonchev–Trinajstić information content (AvgIpc) is 3.15. The van der Waals surface area contributed by atoms with E-state index in [0.29, 0.717) is 11.1 Å². The van der Waals surface area contributed by atoms with Crippen LogP contribution < -0.4 is 4.74 Å². The van der Waals surface area contributed by atoms with Crippen molar-refractivity contribution in [3.05, 3.63) is 66.2 Å². The minimum Gasteiger partial charge on any atom is -0.495 e. The molecule has 8 heteroatoms. The Morgan fingerprint density at radius 3 is 2.62 bits per heavy atom. The smallest absolute Gasteiger partial charge is 0.339 e. The molecule has 1 aromatic carbocycles. The first-order chi connectivity index (χ1) is 12.4. The number of nitrogens with zero attached hydrogens (tertiary/aromatic N) is 1. The van der Waals surface area contributed by atoms with Gasteiger partial charge in [0, 0.05) is 17.3 Å². The van der Waals surface area contributed by atoms with E-state index in [4.69, 9.17) is 9.15 Å². The van der Waals surface area contributed by atoms with Crippen molar-refractivity contribution in [3.8, 4) is 16.9 Å². The Bertz CT molecular complexity index is 1030. The average molecular weight is 373 g/mol. The van der Waals surface area contributed by atoms with Crippen LogP contribution in [0, 0.1) is 0 Å². The van der Waals surface area contributed by atoms with Crippen molar-refractivity contribution in [2.24, 2.45) is 0 Å². The summed E-state index contributed by atoms with van der Waals surface area (Å²) in [6.07, 6.45) is 4.27. The molecule has 0 amide bonds. The van der Waals surface area contributed by atoms with Gasteiger partial charge >= 0.3 is 5.97 Å². The van der Waals surface area contributed by atoms with Crippen LogP contribution in [0.4, 0.5) is 0 Å². The zero-order valence-corrected chi connectivity index (χ0v) is 14.6. The van der Waals surface area contributed by atoms with Gasteiger partial charge in [-0.3, -0.25) is 0 Å². The van der Waals surface area contributed by atoms with Crippen LogP contribution in [0.5, 0.6) is 5.75 Å². The van der Waals surface area contributed by atoms with Crippen LogP contribution in [-0.2, 0) is 15.6 Å². The number of benzene rings is 1. The number of rotatable bonds is 6. The van der Waals surface area contributed by atoms with Crippen LogP contribution in [0.1, 0.15) is 15.9 Å². The Kier molecular flexibility index (Phi) is 4.77. The highest BCUT2D eigenvalue weighted by atomic mass is 32.2. The fraction of sp³-hybridized carbons (Fsp3) is 0.111. The quantitative estimate of drug-likeness (QED) is 0.708. The molecule has 3 rings (SSSR count). The molecule has 3 aromatic rings. The van der Waals surface area contributed by atoms with Crippen molar-refractivity contribution >= 4 is 15.8 Å². The molecule has 26 heavy (non-hydrogen) atoms. The molecule has 2 heterocycles. The molecule has 0 radical (unpaired) electrons. The minimum absolute atomic E-state index is 0.0765. The second-order valence-electron chi connectivity index (χ2n) is 5.42. The molecule has 134 valence electrons. The van der Waals surface area contributed by atoms with Crippen molar-refractivity contribution in [1.82, 2.24) is 4.98 Å². The molecule has 0 saturated carbocycles. The molecule has 0 aliphatic heterocycles. The lowest BCUT2D eigenvalue weighted by Gasteiger charge is -2.14. The summed E-state index contributed by atoms with van der Waals surface area (Å²) in [5, 5.41) is 9.54. The van der Waals surface area contributed by atoms with E-state index < -0.39 is 21.6 Å². The summed E-state index contributed by atoms with van der Waals surface area (Å²) in [4.78, 5) is 15.7. The molecule has 0 spiro atoms. The molecule has 2 aromatic heterocycles. The highest BCUT2D eigenvalue weighted by Gasteiger charge is 2.26. The molecule has 7 nitrogen and oxygen atoms in total. The van der Waals surface area contributed by atoms with Gasteiger partial charge in [0.15, 0.2) is 14.9 Å². The summed E-state index contributed by atoms with van der Waals surface area (Å²) in [6.45, 7) is 0. The van der Waals surface area contributed by atoms with Crippen LogP contribution in [0.15, 0.2) is 64.6 Å². The molecular formula is C18H15NO6S. The molecule has 0 aliphatic rings. The van der Waals surface area contributed by atoms with Gasteiger partial charge in [-0.2, -0.15) is 0 Å². The number of methoxy groups -OCH3 is 1. The van der Waals surface area contributed by atoms with Crippen molar-refractivity contribution in [2.75, 3.05) is 7.11 Å². The third-order valence-electron chi connectivity index (χ3n) is 3.80. The van der Waals surface area contributed by atoms with Gasteiger partial charge in [-0.1, -0.05) is 18.2 Å². The minimum atomic E-state index is -3.81. The number of pyridine rings is 1. The van der Waals surface area contributed by atoms with Gasteiger partial charge in [-0.15, -0.1) is 0 Å². The highest BCUT2D eigenvalue weighted by Crippen LogP contribution is 2.36. The summed E-state index contributed by atoms with van der Waals surface area (Å²) in [6, 6.07) is 9.26. The molecule has 1 N–H and O–H groups in total. The Balaban J connectivity index is 2.12. The Labute approximate surface area is 149 Å². The molecule has 0 saturated heterocycles. The summed E-state index contributed by atoms with van der Waals surface area (Å²) in [7, 11) is -2.47. The zero-order chi connectivity index (χ0) is 18.7. The third kappa shape index (κ3) is 3.31. The lowest BCUT2D eigenvalue weighted by molar-refractivity contribution is 0.0692. The predicted octanol–water partition coefficient (Wildman–Crippen LogP) is 3.02. The molecule has 0 atom stereocenters. The lowest BCUT2D eigenvalue weighted by atomic mass is 9.99. The number of carboxylic acid groups (broad SMARTS) is 1. The van der Waals surface area contributed by atoms with E-state index in [1.807, 2.05) is 0 Å². The first-order valence-corrected chi connectivity index (χ1v) is 9.19. The summed E-state index contributed by atoms with van der Waals surface area (Å²) >= 11 is 0. The first-order valence-electron chi connectivity index (χ1n) is 7.53. The maximum Gasteiger partial charge on any atom is 0.339 e. The Morgan fingerprint density at radius 2 is 2.04 bits per heavy atom. The maximum absolute atomic E-state index is 12.6. The number of carboxylic acids is 1. The second kappa shape index (κ2) is 7.01. The van der Waals surface area contributed by atoms with Gasteiger partial charge in [0.1, 0.15) is 11.3 Å². The molecular weight excluding hydrogens is 358 g/mol.